The van der Waals surface area contributed by atoms with Gasteiger partial charge in [0, 0.05) is 13.1 Å². The monoisotopic (exact) mass is 221 g/mol. The number of benzene rings is 1. The molecule has 88 valence electrons. The Labute approximate surface area is 96.2 Å². The van der Waals surface area contributed by atoms with Crippen LogP contribution < -0.4 is 16.4 Å². The number of nitrogens with one attached hydrogen (secondary N) is 2. The Morgan fingerprint density at radius 1 is 1.12 bits per heavy atom. The van der Waals surface area contributed by atoms with Crippen LogP contribution in [0.25, 0.3) is 0 Å². The largest absolute Gasteiger partial charge is 0.352 e. The van der Waals surface area contributed by atoms with E-state index in [1.54, 1.807) is 0 Å². The molecule has 0 spiro atoms. The number of aryl methyl sites for hydroxylation is 1. The Bertz CT molecular complexity index is 300. The first-order valence-electron chi connectivity index (χ1n) is 5.57. The quantitative estimate of drug-likeness (QED) is 0.598. The number of hydrogen-bond acceptors (Lipinski definition) is 2. The average Bonchev–Trinajstić information content (AvgIpc) is 2.29. The first-order chi connectivity index (χ1) is 7.79. The SMILES string of the molecule is NC(=O)NCCNCCCc1ccccc1. The molecule has 0 saturated heterocycles. The summed E-state index contributed by atoms with van der Waals surface area (Å²) in [6, 6.07) is 9.94. The Balaban J connectivity index is 1.94. The van der Waals surface area contributed by atoms with Crippen LogP contribution in [-0.4, -0.2) is 25.7 Å². The fourth-order valence-corrected chi connectivity index (χ4v) is 1.46. The molecule has 0 saturated carbocycles. The van der Waals surface area contributed by atoms with Crippen molar-refractivity contribution in [2.45, 2.75) is 12.8 Å². The molecule has 4 N–H and O–H groups in total. The Hall–Kier alpha value is -1.55. The third-order valence-electron chi connectivity index (χ3n) is 2.26. The second-order valence-corrected chi connectivity index (χ2v) is 3.63. The van der Waals surface area contributed by atoms with Crippen molar-refractivity contribution < 1.29 is 4.79 Å². The highest BCUT2D eigenvalue weighted by Crippen LogP contribution is 2.00. The molecule has 0 unspecified atom stereocenters. The van der Waals surface area contributed by atoms with Gasteiger partial charge in [-0.3, -0.25) is 0 Å². The van der Waals surface area contributed by atoms with Gasteiger partial charge >= 0.3 is 6.03 Å². The van der Waals surface area contributed by atoms with E-state index in [2.05, 4.69) is 34.9 Å². The normalized spacial score (nSPS) is 10.0. The molecular formula is C12H19N3O. The third kappa shape index (κ3) is 6.03. The number of amides is 2. The van der Waals surface area contributed by atoms with E-state index in [-0.39, 0.29) is 0 Å². The van der Waals surface area contributed by atoms with E-state index in [1.807, 2.05) is 6.07 Å². The lowest BCUT2D eigenvalue weighted by Crippen LogP contribution is -2.35. The molecule has 4 heteroatoms. The molecular weight excluding hydrogens is 202 g/mol. The van der Waals surface area contributed by atoms with Crippen molar-refractivity contribution in [3.8, 4) is 0 Å². The van der Waals surface area contributed by atoms with Crippen LogP contribution in [0, 0.1) is 0 Å². The van der Waals surface area contributed by atoms with E-state index in [0.717, 1.165) is 25.9 Å². The van der Waals surface area contributed by atoms with Crippen LogP contribution in [-0.2, 0) is 6.42 Å². The van der Waals surface area contributed by atoms with Gasteiger partial charge in [0.2, 0.25) is 0 Å². The van der Waals surface area contributed by atoms with Crippen molar-refractivity contribution >= 4 is 6.03 Å². The number of carbonyl (C=O) groups is 1. The van der Waals surface area contributed by atoms with E-state index in [9.17, 15) is 4.79 Å². The number of urea groups is 1. The molecule has 1 aromatic carbocycles. The van der Waals surface area contributed by atoms with Crippen molar-refractivity contribution in [2.24, 2.45) is 5.73 Å². The van der Waals surface area contributed by atoms with Gasteiger partial charge in [0.05, 0.1) is 0 Å². The van der Waals surface area contributed by atoms with Crippen molar-refractivity contribution in [1.82, 2.24) is 10.6 Å². The van der Waals surface area contributed by atoms with Crippen molar-refractivity contribution in [1.29, 1.82) is 0 Å². The minimum Gasteiger partial charge on any atom is -0.352 e. The van der Waals surface area contributed by atoms with Gasteiger partial charge in [-0.25, -0.2) is 4.79 Å². The van der Waals surface area contributed by atoms with Gasteiger partial charge in [-0.2, -0.15) is 0 Å². The number of hydrogen-bond donors (Lipinski definition) is 3. The number of nitrogens with two attached hydrogens (primary N) is 1. The summed E-state index contributed by atoms with van der Waals surface area (Å²) in [5, 5.41) is 5.77. The topological polar surface area (TPSA) is 67.2 Å². The Kier molecular flexibility index (Phi) is 6.03. The van der Waals surface area contributed by atoms with Gasteiger partial charge in [-0.15, -0.1) is 0 Å². The summed E-state index contributed by atoms with van der Waals surface area (Å²) in [5.74, 6) is 0. The maximum atomic E-state index is 10.4. The summed E-state index contributed by atoms with van der Waals surface area (Å²) in [7, 11) is 0. The van der Waals surface area contributed by atoms with E-state index < -0.39 is 6.03 Å². The molecule has 0 bridgehead atoms. The summed E-state index contributed by atoms with van der Waals surface area (Å²) in [5.41, 5.74) is 6.29. The van der Waals surface area contributed by atoms with Crippen molar-refractivity contribution in [2.75, 3.05) is 19.6 Å². The van der Waals surface area contributed by atoms with Crippen LogP contribution >= 0.6 is 0 Å². The fraction of sp³-hybridized carbons (Fsp3) is 0.417. The lowest BCUT2D eigenvalue weighted by molar-refractivity contribution is 0.249. The highest BCUT2D eigenvalue weighted by Gasteiger charge is 1.93. The third-order valence-corrected chi connectivity index (χ3v) is 2.26. The highest BCUT2D eigenvalue weighted by atomic mass is 16.2. The molecule has 0 aliphatic heterocycles. The molecule has 0 aliphatic rings. The zero-order chi connectivity index (χ0) is 11.6. The van der Waals surface area contributed by atoms with Gasteiger partial charge in [0.25, 0.3) is 0 Å². The maximum Gasteiger partial charge on any atom is 0.312 e. The summed E-state index contributed by atoms with van der Waals surface area (Å²) in [4.78, 5) is 10.4. The van der Waals surface area contributed by atoms with Crippen molar-refractivity contribution in [3.05, 3.63) is 35.9 Å². The zero-order valence-electron chi connectivity index (χ0n) is 9.41. The van der Waals surface area contributed by atoms with Gasteiger partial charge in [-0.1, -0.05) is 30.3 Å². The van der Waals surface area contributed by atoms with Crippen LogP contribution in [0.4, 0.5) is 4.79 Å². The predicted molar refractivity (Wildman–Crippen MR) is 65.2 cm³/mol. The fourth-order valence-electron chi connectivity index (χ4n) is 1.46. The average molecular weight is 221 g/mol. The number of primary amides is 1. The Morgan fingerprint density at radius 2 is 1.88 bits per heavy atom. The lowest BCUT2D eigenvalue weighted by atomic mass is 10.1. The van der Waals surface area contributed by atoms with Gasteiger partial charge in [0.15, 0.2) is 0 Å². The first-order valence-corrected chi connectivity index (χ1v) is 5.57. The number of carbonyl (C=O) groups excluding carboxylic acids is 1. The second kappa shape index (κ2) is 7.70. The summed E-state index contributed by atoms with van der Waals surface area (Å²) in [6.07, 6.45) is 2.18. The molecule has 1 rings (SSSR count). The maximum absolute atomic E-state index is 10.4. The molecule has 16 heavy (non-hydrogen) atoms. The van der Waals surface area contributed by atoms with Crippen LogP contribution in [0.3, 0.4) is 0 Å². The summed E-state index contributed by atoms with van der Waals surface area (Å²) >= 11 is 0. The van der Waals surface area contributed by atoms with E-state index >= 15 is 0 Å². The molecule has 4 nitrogen and oxygen atoms in total. The van der Waals surface area contributed by atoms with E-state index in [0.29, 0.717) is 6.54 Å². The Morgan fingerprint density at radius 3 is 2.56 bits per heavy atom. The highest BCUT2D eigenvalue weighted by molar-refractivity contribution is 5.71. The zero-order valence-corrected chi connectivity index (χ0v) is 9.41. The minimum absolute atomic E-state index is 0.467. The molecule has 0 radical (unpaired) electrons. The van der Waals surface area contributed by atoms with Gasteiger partial charge < -0.3 is 16.4 Å². The van der Waals surface area contributed by atoms with Gasteiger partial charge in [0.1, 0.15) is 0 Å². The molecule has 1 aromatic rings. The molecule has 0 aliphatic carbocycles. The van der Waals surface area contributed by atoms with E-state index in [4.69, 9.17) is 5.73 Å². The van der Waals surface area contributed by atoms with Crippen LogP contribution in [0.2, 0.25) is 0 Å². The predicted octanol–water partition coefficient (Wildman–Crippen LogP) is 0.877. The summed E-state index contributed by atoms with van der Waals surface area (Å²) < 4.78 is 0. The molecule has 0 fully saturated rings. The lowest BCUT2D eigenvalue weighted by Gasteiger charge is -2.05. The van der Waals surface area contributed by atoms with Crippen LogP contribution in [0.1, 0.15) is 12.0 Å². The molecule has 2 amide bonds. The molecule has 0 heterocycles. The van der Waals surface area contributed by atoms with Gasteiger partial charge in [-0.05, 0) is 24.9 Å². The number of rotatable bonds is 7. The summed E-state index contributed by atoms with van der Waals surface area (Å²) in [6.45, 7) is 2.30. The smallest absolute Gasteiger partial charge is 0.312 e. The first kappa shape index (κ1) is 12.5. The van der Waals surface area contributed by atoms with Crippen LogP contribution in [0.15, 0.2) is 30.3 Å². The molecule has 0 atom stereocenters. The van der Waals surface area contributed by atoms with Crippen molar-refractivity contribution in [3.63, 3.8) is 0 Å². The molecule has 0 aromatic heterocycles. The standard InChI is InChI=1S/C12H19N3O/c13-12(16)15-10-9-14-8-4-7-11-5-2-1-3-6-11/h1-3,5-6,14H,4,7-10H2,(H3,13,15,16). The minimum atomic E-state index is -0.467. The van der Waals surface area contributed by atoms with E-state index in [1.165, 1.54) is 5.56 Å². The van der Waals surface area contributed by atoms with Crippen LogP contribution in [0.5, 0.6) is 0 Å². The second-order valence-electron chi connectivity index (χ2n) is 3.63.